The predicted octanol–water partition coefficient (Wildman–Crippen LogP) is 1.48. The first-order valence-corrected chi connectivity index (χ1v) is 6.92. The Morgan fingerprint density at radius 3 is 2.39 bits per heavy atom. The summed E-state index contributed by atoms with van der Waals surface area (Å²) in [5.41, 5.74) is -0.167. The highest BCUT2D eigenvalue weighted by molar-refractivity contribution is 4.84. The van der Waals surface area contributed by atoms with E-state index in [2.05, 4.69) is 45.0 Å². The molecule has 0 aliphatic rings. The maximum atomic E-state index is 9.50. The third-order valence-electron chi connectivity index (χ3n) is 3.39. The Bertz CT molecular complexity index is 212. The van der Waals surface area contributed by atoms with Crippen LogP contribution in [0.25, 0.3) is 0 Å². The van der Waals surface area contributed by atoms with Crippen LogP contribution in [0.3, 0.4) is 0 Å². The second-order valence-electron chi connectivity index (χ2n) is 5.91. The summed E-state index contributed by atoms with van der Waals surface area (Å²) in [5.74, 6) is 0. The minimum absolute atomic E-state index is 0.167. The molecular formula is C14H32N2O2. The van der Waals surface area contributed by atoms with E-state index in [-0.39, 0.29) is 12.1 Å². The molecule has 2 N–H and O–H groups in total. The molecule has 18 heavy (non-hydrogen) atoms. The van der Waals surface area contributed by atoms with Gasteiger partial charge in [0.05, 0.1) is 13.2 Å². The van der Waals surface area contributed by atoms with E-state index >= 15 is 0 Å². The summed E-state index contributed by atoms with van der Waals surface area (Å²) in [6.45, 7) is 10.5. The average Bonchev–Trinajstić information content (AvgIpc) is 2.28. The van der Waals surface area contributed by atoms with Gasteiger partial charge in [-0.05, 0) is 40.3 Å². The summed E-state index contributed by atoms with van der Waals surface area (Å²) >= 11 is 0. The van der Waals surface area contributed by atoms with Crippen molar-refractivity contribution in [3.63, 3.8) is 0 Å². The van der Waals surface area contributed by atoms with Crippen LogP contribution < -0.4 is 5.32 Å². The van der Waals surface area contributed by atoms with E-state index < -0.39 is 0 Å². The first-order chi connectivity index (χ1) is 8.34. The maximum Gasteiger partial charge on any atom is 0.0615 e. The quantitative estimate of drug-likeness (QED) is 0.624. The number of rotatable bonds is 10. The minimum atomic E-state index is -0.167. The molecule has 2 unspecified atom stereocenters. The van der Waals surface area contributed by atoms with Gasteiger partial charge in [0.15, 0.2) is 0 Å². The van der Waals surface area contributed by atoms with Gasteiger partial charge in [0.25, 0.3) is 0 Å². The Kier molecular flexibility index (Phi) is 8.78. The molecule has 0 aliphatic heterocycles. The van der Waals surface area contributed by atoms with Gasteiger partial charge in [-0.1, -0.05) is 13.8 Å². The van der Waals surface area contributed by atoms with Crippen molar-refractivity contribution in [2.45, 2.75) is 58.2 Å². The molecule has 0 heterocycles. The Hall–Kier alpha value is -0.160. The molecule has 4 nitrogen and oxygen atoms in total. The van der Waals surface area contributed by atoms with Crippen molar-refractivity contribution in [1.82, 2.24) is 10.2 Å². The first-order valence-electron chi connectivity index (χ1n) is 6.92. The number of hydrogen-bond acceptors (Lipinski definition) is 4. The lowest BCUT2D eigenvalue weighted by atomic mass is 9.95. The van der Waals surface area contributed by atoms with Crippen LogP contribution >= 0.6 is 0 Å². The molecule has 4 heteroatoms. The average molecular weight is 260 g/mol. The van der Waals surface area contributed by atoms with E-state index in [1.54, 1.807) is 7.11 Å². The van der Waals surface area contributed by atoms with Crippen LogP contribution in [-0.4, -0.2) is 61.5 Å². The number of likely N-dealkylation sites (N-methyl/N-ethyl adjacent to an activating group) is 1. The fourth-order valence-electron chi connectivity index (χ4n) is 2.20. The molecule has 2 atom stereocenters. The number of aliphatic hydroxyl groups is 1. The third-order valence-corrected chi connectivity index (χ3v) is 3.39. The Labute approximate surface area is 113 Å². The molecule has 0 aromatic heterocycles. The summed E-state index contributed by atoms with van der Waals surface area (Å²) in [6.07, 6.45) is 2.05. The van der Waals surface area contributed by atoms with Gasteiger partial charge in [-0.15, -0.1) is 0 Å². The van der Waals surface area contributed by atoms with Crippen LogP contribution in [0.5, 0.6) is 0 Å². The lowest BCUT2D eigenvalue weighted by molar-refractivity contribution is 0.108. The number of nitrogens with one attached hydrogen (secondary N) is 1. The Morgan fingerprint density at radius 2 is 1.94 bits per heavy atom. The molecule has 0 fully saturated rings. The van der Waals surface area contributed by atoms with Gasteiger partial charge in [-0.3, -0.25) is 0 Å². The molecule has 0 spiro atoms. The summed E-state index contributed by atoms with van der Waals surface area (Å²) in [4.78, 5) is 2.30. The summed E-state index contributed by atoms with van der Waals surface area (Å²) in [6, 6.07) is 0.834. The minimum Gasteiger partial charge on any atom is -0.394 e. The van der Waals surface area contributed by atoms with Crippen molar-refractivity contribution in [3.05, 3.63) is 0 Å². The number of methoxy groups -OCH3 is 1. The molecule has 0 aromatic carbocycles. The van der Waals surface area contributed by atoms with E-state index in [1.165, 1.54) is 0 Å². The Balaban J connectivity index is 3.99. The molecule has 0 aromatic rings. The van der Waals surface area contributed by atoms with Crippen LogP contribution in [0.15, 0.2) is 0 Å². The lowest BCUT2D eigenvalue weighted by Gasteiger charge is -2.32. The second-order valence-corrected chi connectivity index (χ2v) is 5.91. The normalized spacial score (nSPS) is 17.2. The second kappa shape index (κ2) is 8.86. The zero-order valence-corrected chi connectivity index (χ0v) is 13.0. The standard InChI is InChI=1S/C14H32N2O2/c1-12(2)15-14(4,11-17)8-7-9-16(5)13(3)10-18-6/h12-13,15,17H,7-11H2,1-6H3. The van der Waals surface area contributed by atoms with E-state index in [9.17, 15) is 5.11 Å². The molecular weight excluding hydrogens is 228 g/mol. The van der Waals surface area contributed by atoms with Crippen molar-refractivity contribution in [2.75, 3.05) is 33.9 Å². The fourth-order valence-corrected chi connectivity index (χ4v) is 2.20. The summed E-state index contributed by atoms with van der Waals surface area (Å²) in [5, 5.41) is 12.9. The molecule has 110 valence electrons. The van der Waals surface area contributed by atoms with Crippen LogP contribution in [0.2, 0.25) is 0 Å². The number of nitrogens with zero attached hydrogens (tertiary/aromatic N) is 1. The number of ether oxygens (including phenoxy) is 1. The number of aliphatic hydroxyl groups excluding tert-OH is 1. The molecule has 0 amide bonds. The molecule has 0 saturated heterocycles. The largest absolute Gasteiger partial charge is 0.394 e. The van der Waals surface area contributed by atoms with E-state index in [4.69, 9.17) is 4.74 Å². The fraction of sp³-hybridized carbons (Fsp3) is 1.00. The van der Waals surface area contributed by atoms with Gasteiger partial charge < -0.3 is 20.1 Å². The molecule has 0 rings (SSSR count). The van der Waals surface area contributed by atoms with Crippen LogP contribution in [-0.2, 0) is 4.74 Å². The predicted molar refractivity (Wildman–Crippen MR) is 77.0 cm³/mol. The highest BCUT2D eigenvalue weighted by atomic mass is 16.5. The zero-order valence-electron chi connectivity index (χ0n) is 13.0. The van der Waals surface area contributed by atoms with Crippen molar-refractivity contribution in [3.8, 4) is 0 Å². The van der Waals surface area contributed by atoms with Crippen molar-refractivity contribution in [2.24, 2.45) is 0 Å². The Morgan fingerprint density at radius 1 is 1.33 bits per heavy atom. The third kappa shape index (κ3) is 7.31. The smallest absolute Gasteiger partial charge is 0.0615 e. The molecule has 0 bridgehead atoms. The zero-order chi connectivity index (χ0) is 14.2. The molecule has 0 radical (unpaired) electrons. The van der Waals surface area contributed by atoms with Crippen LogP contribution in [0.4, 0.5) is 0 Å². The van der Waals surface area contributed by atoms with Crippen molar-refractivity contribution >= 4 is 0 Å². The van der Waals surface area contributed by atoms with Crippen LogP contribution in [0.1, 0.15) is 40.5 Å². The summed E-state index contributed by atoms with van der Waals surface area (Å²) in [7, 11) is 3.86. The van der Waals surface area contributed by atoms with Gasteiger partial charge >= 0.3 is 0 Å². The van der Waals surface area contributed by atoms with Gasteiger partial charge in [0, 0.05) is 24.7 Å². The van der Waals surface area contributed by atoms with Crippen molar-refractivity contribution < 1.29 is 9.84 Å². The topological polar surface area (TPSA) is 44.7 Å². The van der Waals surface area contributed by atoms with Gasteiger partial charge in [0.1, 0.15) is 0 Å². The molecule has 0 saturated carbocycles. The van der Waals surface area contributed by atoms with E-state index in [0.717, 1.165) is 26.0 Å². The lowest BCUT2D eigenvalue weighted by Crippen LogP contribution is -2.49. The number of hydrogen-bond donors (Lipinski definition) is 2. The molecule has 0 aliphatic carbocycles. The maximum absolute atomic E-state index is 9.50. The highest BCUT2D eigenvalue weighted by Gasteiger charge is 2.23. The van der Waals surface area contributed by atoms with Crippen LogP contribution in [0, 0.1) is 0 Å². The van der Waals surface area contributed by atoms with E-state index in [0.29, 0.717) is 12.1 Å². The van der Waals surface area contributed by atoms with Gasteiger partial charge in [0.2, 0.25) is 0 Å². The van der Waals surface area contributed by atoms with E-state index in [1.807, 2.05) is 0 Å². The van der Waals surface area contributed by atoms with Gasteiger partial charge in [-0.25, -0.2) is 0 Å². The first kappa shape index (κ1) is 17.8. The SMILES string of the molecule is COCC(C)N(C)CCCC(C)(CO)NC(C)C. The van der Waals surface area contributed by atoms with Gasteiger partial charge in [-0.2, -0.15) is 0 Å². The highest BCUT2D eigenvalue weighted by Crippen LogP contribution is 2.13. The van der Waals surface area contributed by atoms with Crippen molar-refractivity contribution in [1.29, 1.82) is 0 Å². The monoisotopic (exact) mass is 260 g/mol. The summed E-state index contributed by atoms with van der Waals surface area (Å²) < 4.78 is 5.15.